The van der Waals surface area contributed by atoms with Crippen LogP contribution in [0, 0.1) is 5.41 Å². The monoisotopic (exact) mass is 493 g/mol. The third-order valence-corrected chi connectivity index (χ3v) is 5.44. The van der Waals surface area contributed by atoms with Crippen LogP contribution < -0.4 is 10.6 Å². The van der Waals surface area contributed by atoms with Crippen LogP contribution in [-0.4, -0.2) is 86.6 Å². The number of piperidine rings is 1. The van der Waals surface area contributed by atoms with Crippen LogP contribution in [0.25, 0.3) is 0 Å². The van der Waals surface area contributed by atoms with Gasteiger partial charge in [0.1, 0.15) is 0 Å². The first-order valence-electron chi connectivity index (χ1n) is 9.77. The number of ether oxygens (including phenoxy) is 1. The number of carbonyl (C=O) groups is 2. The van der Waals surface area contributed by atoms with Gasteiger partial charge in [0.2, 0.25) is 11.8 Å². The third-order valence-electron chi connectivity index (χ3n) is 5.44. The maximum atomic E-state index is 12.3. The van der Waals surface area contributed by atoms with Crippen LogP contribution in [0.1, 0.15) is 32.6 Å². The zero-order valence-electron chi connectivity index (χ0n) is 16.2. The minimum atomic E-state index is 0. The van der Waals surface area contributed by atoms with Gasteiger partial charge in [-0.05, 0) is 19.8 Å². The van der Waals surface area contributed by atoms with Crippen molar-refractivity contribution in [1.29, 1.82) is 0 Å². The molecule has 0 aliphatic carbocycles. The van der Waals surface area contributed by atoms with Gasteiger partial charge in [-0.1, -0.05) is 0 Å². The maximum Gasteiger partial charge on any atom is 0.224 e. The lowest BCUT2D eigenvalue weighted by molar-refractivity contribution is -0.135. The average molecular weight is 493 g/mol. The van der Waals surface area contributed by atoms with Gasteiger partial charge >= 0.3 is 0 Å². The number of halogens is 1. The molecule has 0 aromatic carbocycles. The standard InChI is InChI=1S/C18H31N5O3.HI/c1-2-19-17(20-6-4-16(25)22-8-10-26-11-9-22)23-7-3-5-18(14-23)12-15(24)21-13-18;/h2-14H2,1H3,(H,19,20)(H,21,24);1H. The molecule has 3 heterocycles. The summed E-state index contributed by atoms with van der Waals surface area (Å²) < 4.78 is 5.29. The van der Waals surface area contributed by atoms with Gasteiger partial charge in [0.15, 0.2) is 5.96 Å². The van der Waals surface area contributed by atoms with E-state index in [0.29, 0.717) is 45.7 Å². The number of hydrogen-bond donors (Lipinski definition) is 2. The van der Waals surface area contributed by atoms with E-state index < -0.39 is 0 Å². The minimum Gasteiger partial charge on any atom is -0.378 e. The molecule has 3 saturated heterocycles. The smallest absolute Gasteiger partial charge is 0.224 e. The Morgan fingerprint density at radius 1 is 1.30 bits per heavy atom. The first kappa shape index (κ1) is 22.2. The lowest BCUT2D eigenvalue weighted by atomic mass is 9.79. The molecule has 3 rings (SSSR count). The molecular weight excluding hydrogens is 461 g/mol. The number of aliphatic imine (C=N–C) groups is 1. The van der Waals surface area contributed by atoms with Gasteiger partial charge in [-0.3, -0.25) is 14.6 Å². The lowest BCUT2D eigenvalue weighted by Crippen LogP contribution is -2.51. The van der Waals surface area contributed by atoms with E-state index in [-0.39, 0.29) is 41.2 Å². The lowest BCUT2D eigenvalue weighted by Gasteiger charge is -2.40. The third kappa shape index (κ3) is 5.94. The van der Waals surface area contributed by atoms with Crippen LogP contribution in [0.5, 0.6) is 0 Å². The predicted molar refractivity (Wildman–Crippen MR) is 114 cm³/mol. The molecule has 0 radical (unpaired) electrons. The highest BCUT2D eigenvalue weighted by Crippen LogP contribution is 2.35. The van der Waals surface area contributed by atoms with Gasteiger partial charge in [-0.25, -0.2) is 0 Å². The summed E-state index contributed by atoms with van der Waals surface area (Å²) in [6.07, 6.45) is 3.18. The summed E-state index contributed by atoms with van der Waals surface area (Å²) in [5.41, 5.74) is 0.0369. The van der Waals surface area contributed by atoms with Crippen molar-refractivity contribution < 1.29 is 14.3 Å². The molecule has 27 heavy (non-hydrogen) atoms. The van der Waals surface area contributed by atoms with Gasteiger partial charge in [0, 0.05) is 57.5 Å². The number of guanidine groups is 1. The molecule has 0 bridgehead atoms. The number of carbonyl (C=O) groups excluding carboxylic acids is 2. The van der Waals surface area contributed by atoms with Crippen molar-refractivity contribution >= 4 is 41.8 Å². The first-order valence-corrected chi connectivity index (χ1v) is 9.77. The Bertz CT molecular complexity index is 553. The molecule has 0 aromatic rings. The molecule has 2 N–H and O–H groups in total. The summed E-state index contributed by atoms with van der Waals surface area (Å²) in [5.74, 6) is 1.17. The number of amides is 2. The number of hydrogen-bond acceptors (Lipinski definition) is 4. The van der Waals surface area contributed by atoms with Crippen molar-refractivity contribution in [2.45, 2.75) is 32.6 Å². The Morgan fingerprint density at radius 2 is 2.07 bits per heavy atom. The van der Waals surface area contributed by atoms with Crippen molar-refractivity contribution in [2.24, 2.45) is 10.4 Å². The summed E-state index contributed by atoms with van der Waals surface area (Å²) in [5, 5.41) is 6.33. The fourth-order valence-electron chi connectivity index (χ4n) is 4.08. The Balaban J connectivity index is 0.00000261. The largest absolute Gasteiger partial charge is 0.378 e. The normalized spacial score (nSPS) is 26.0. The molecule has 154 valence electrons. The van der Waals surface area contributed by atoms with E-state index in [0.717, 1.165) is 45.0 Å². The topological polar surface area (TPSA) is 86.3 Å². The molecule has 1 unspecified atom stereocenters. The van der Waals surface area contributed by atoms with E-state index in [9.17, 15) is 9.59 Å². The zero-order chi connectivity index (χ0) is 18.4. The molecule has 1 atom stereocenters. The highest BCUT2D eigenvalue weighted by atomic mass is 127. The van der Waals surface area contributed by atoms with Crippen molar-refractivity contribution in [3.05, 3.63) is 0 Å². The molecule has 3 fully saturated rings. The van der Waals surface area contributed by atoms with Crippen molar-refractivity contribution in [1.82, 2.24) is 20.4 Å². The number of nitrogens with one attached hydrogen (secondary N) is 2. The van der Waals surface area contributed by atoms with Gasteiger partial charge < -0.3 is 25.2 Å². The summed E-state index contributed by atoms with van der Waals surface area (Å²) >= 11 is 0. The van der Waals surface area contributed by atoms with Crippen LogP contribution in [0.2, 0.25) is 0 Å². The molecular formula is C18H32IN5O3. The van der Waals surface area contributed by atoms with Crippen LogP contribution in [0.3, 0.4) is 0 Å². The summed E-state index contributed by atoms with van der Waals surface area (Å²) in [6.45, 7) is 8.48. The van der Waals surface area contributed by atoms with Crippen molar-refractivity contribution in [3.63, 3.8) is 0 Å². The fraction of sp³-hybridized carbons (Fsp3) is 0.833. The van der Waals surface area contributed by atoms with Crippen LogP contribution >= 0.6 is 24.0 Å². The number of rotatable bonds is 4. The summed E-state index contributed by atoms with van der Waals surface area (Å²) in [4.78, 5) is 32.8. The van der Waals surface area contributed by atoms with Gasteiger partial charge in [-0.2, -0.15) is 0 Å². The van der Waals surface area contributed by atoms with E-state index in [1.165, 1.54) is 0 Å². The van der Waals surface area contributed by atoms with E-state index in [4.69, 9.17) is 9.73 Å². The highest BCUT2D eigenvalue weighted by molar-refractivity contribution is 14.0. The van der Waals surface area contributed by atoms with E-state index in [1.54, 1.807) is 0 Å². The van der Waals surface area contributed by atoms with Gasteiger partial charge in [-0.15, -0.1) is 24.0 Å². The highest BCUT2D eigenvalue weighted by Gasteiger charge is 2.42. The average Bonchev–Trinajstić information content (AvgIpc) is 3.01. The molecule has 3 aliphatic rings. The Labute approximate surface area is 178 Å². The van der Waals surface area contributed by atoms with Crippen LogP contribution in [0.15, 0.2) is 4.99 Å². The second-order valence-electron chi connectivity index (χ2n) is 7.46. The Morgan fingerprint density at radius 3 is 2.74 bits per heavy atom. The van der Waals surface area contributed by atoms with Crippen LogP contribution in [0.4, 0.5) is 0 Å². The Hall–Kier alpha value is -1.10. The maximum absolute atomic E-state index is 12.3. The number of nitrogens with zero attached hydrogens (tertiary/aromatic N) is 3. The zero-order valence-corrected chi connectivity index (χ0v) is 18.5. The van der Waals surface area contributed by atoms with Gasteiger partial charge in [0.25, 0.3) is 0 Å². The SMILES string of the molecule is CCNC(=NCCC(=O)N1CCOCC1)N1CCCC2(CNC(=O)C2)C1.I. The molecule has 3 aliphatic heterocycles. The minimum absolute atomic E-state index is 0. The van der Waals surface area contributed by atoms with E-state index in [1.807, 2.05) is 4.90 Å². The predicted octanol–water partition coefficient (Wildman–Crippen LogP) is 0.421. The number of morpholine rings is 1. The molecule has 8 nitrogen and oxygen atoms in total. The molecule has 0 saturated carbocycles. The summed E-state index contributed by atoms with van der Waals surface area (Å²) in [6, 6.07) is 0. The summed E-state index contributed by atoms with van der Waals surface area (Å²) in [7, 11) is 0. The fourth-order valence-corrected chi connectivity index (χ4v) is 4.08. The van der Waals surface area contributed by atoms with E-state index >= 15 is 0 Å². The molecule has 1 spiro atoms. The van der Waals surface area contributed by atoms with Crippen molar-refractivity contribution in [3.8, 4) is 0 Å². The first-order chi connectivity index (χ1) is 12.6. The molecule has 9 heteroatoms. The second kappa shape index (κ2) is 10.4. The van der Waals surface area contributed by atoms with Crippen LogP contribution in [-0.2, 0) is 14.3 Å². The van der Waals surface area contributed by atoms with E-state index in [2.05, 4.69) is 22.5 Å². The Kier molecular flexibility index (Phi) is 8.59. The second-order valence-corrected chi connectivity index (χ2v) is 7.46. The number of likely N-dealkylation sites (tertiary alicyclic amines) is 1. The quantitative estimate of drug-likeness (QED) is 0.337. The van der Waals surface area contributed by atoms with Gasteiger partial charge in [0.05, 0.1) is 19.8 Å². The van der Waals surface area contributed by atoms with Crippen molar-refractivity contribution in [2.75, 3.05) is 59.0 Å². The molecule has 0 aromatic heterocycles. The molecule has 2 amide bonds.